The molecule has 2 aromatic rings. The van der Waals surface area contributed by atoms with Crippen molar-refractivity contribution in [1.82, 2.24) is 15.5 Å². The van der Waals surface area contributed by atoms with E-state index < -0.39 is 0 Å². The zero-order valence-corrected chi connectivity index (χ0v) is 8.91. The summed E-state index contributed by atoms with van der Waals surface area (Å²) < 4.78 is 12.9. The molecule has 0 amide bonds. The molecular formula is C12H14FN3. The van der Waals surface area contributed by atoms with E-state index >= 15 is 0 Å². The number of benzene rings is 1. The first kappa shape index (κ1) is 10.8. The van der Waals surface area contributed by atoms with Crippen LogP contribution in [0, 0.1) is 5.82 Å². The molecule has 0 fully saturated rings. The fourth-order valence-electron chi connectivity index (χ4n) is 1.53. The number of hydrogen-bond acceptors (Lipinski definition) is 2. The summed E-state index contributed by atoms with van der Waals surface area (Å²) in [6.45, 7) is 1.58. The van der Waals surface area contributed by atoms with Gasteiger partial charge in [-0.1, -0.05) is 12.1 Å². The topological polar surface area (TPSA) is 40.7 Å². The third-order valence-corrected chi connectivity index (χ3v) is 2.35. The molecule has 0 saturated heterocycles. The van der Waals surface area contributed by atoms with Crippen molar-refractivity contribution in [3.63, 3.8) is 0 Å². The van der Waals surface area contributed by atoms with Crippen molar-refractivity contribution >= 4 is 0 Å². The highest BCUT2D eigenvalue weighted by Gasteiger charge is 1.96. The van der Waals surface area contributed by atoms with Gasteiger partial charge in [0.2, 0.25) is 0 Å². The Balaban J connectivity index is 1.72. The molecule has 0 unspecified atom stereocenters. The Morgan fingerprint density at radius 2 is 2.25 bits per heavy atom. The average Bonchev–Trinajstić information content (AvgIpc) is 2.77. The van der Waals surface area contributed by atoms with Crippen LogP contribution >= 0.6 is 0 Å². The fraction of sp³-hybridized carbons (Fsp3) is 0.250. The van der Waals surface area contributed by atoms with Crippen LogP contribution in [-0.4, -0.2) is 16.7 Å². The molecule has 4 heteroatoms. The number of H-pyrrole nitrogens is 1. The maximum absolute atomic E-state index is 12.9. The van der Waals surface area contributed by atoms with Crippen LogP contribution in [0.15, 0.2) is 36.5 Å². The van der Waals surface area contributed by atoms with Gasteiger partial charge in [0, 0.05) is 18.4 Å². The van der Waals surface area contributed by atoms with Crippen LogP contribution in [0.4, 0.5) is 4.39 Å². The Labute approximate surface area is 93.7 Å². The number of rotatable bonds is 5. The van der Waals surface area contributed by atoms with Crippen LogP contribution in [0.3, 0.4) is 0 Å². The number of halogens is 1. The summed E-state index contributed by atoms with van der Waals surface area (Å²) in [7, 11) is 0. The summed E-state index contributed by atoms with van der Waals surface area (Å²) in [4.78, 5) is 0. The summed E-state index contributed by atoms with van der Waals surface area (Å²) in [5.74, 6) is -0.175. The highest BCUT2D eigenvalue weighted by atomic mass is 19.1. The van der Waals surface area contributed by atoms with Crippen LogP contribution in [0.1, 0.15) is 11.3 Å². The molecule has 1 aromatic carbocycles. The lowest BCUT2D eigenvalue weighted by Crippen LogP contribution is -2.16. The zero-order valence-electron chi connectivity index (χ0n) is 8.91. The molecule has 0 saturated carbocycles. The number of hydrogen-bond donors (Lipinski definition) is 2. The van der Waals surface area contributed by atoms with E-state index in [2.05, 4.69) is 15.5 Å². The highest BCUT2D eigenvalue weighted by molar-refractivity contribution is 5.16. The van der Waals surface area contributed by atoms with Crippen LogP contribution in [-0.2, 0) is 13.0 Å². The van der Waals surface area contributed by atoms with Crippen LogP contribution in [0.5, 0.6) is 0 Å². The van der Waals surface area contributed by atoms with Gasteiger partial charge in [0.15, 0.2) is 0 Å². The average molecular weight is 219 g/mol. The Hall–Kier alpha value is -1.68. The van der Waals surface area contributed by atoms with E-state index in [4.69, 9.17) is 0 Å². The minimum atomic E-state index is -0.175. The monoisotopic (exact) mass is 219 g/mol. The molecule has 0 atom stereocenters. The van der Waals surface area contributed by atoms with E-state index in [1.165, 1.54) is 6.07 Å². The maximum atomic E-state index is 12.9. The molecule has 0 spiro atoms. The molecule has 0 bridgehead atoms. The normalized spacial score (nSPS) is 10.6. The van der Waals surface area contributed by atoms with Crippen molar-refractivity contribution in [2.24, 2.45) is 0 Å². The second-order valence-corrected chi connectivity index (χ2v) is 3.64. The Bertz CT molecular complexity index is 426. The fourth-order valence-corrected chi connectivity index (χ4v) is 1.53. The number of aromatic amines is 1. The van der Waals surface area contributed by atoms with E-state index in [9.17, 15) is 4.39 Å². The molecule has 0 radical (unpaired) electrons. The van der Waals surface area contributed by atoms with Gasteiger partial charge in [0.1, 0.15) is 5.82 Å². The van der Waals surface area contributed by atoms with Crippen molar-refractivity contribution in [1.29, 1.82) is 0 Å². The highest BCUT2D eigenvalue weighted by Crippen LogP contribution is 2.03. The first-order chi connectivity index (χ1) is 7.84. The number of aromatic nitrogens is 2. The zero-order chi connectivity index (χ0) is 11.2. The lowest BCUT2D eigenvalue weighted by molar-refractivity contribution is 0.622. The second kappa shape index (κ2) is 5.42. The van der Waals surface area contributed by atoms with Gasteiger partial charge in [-0.25, -0.2) is 4.39 Å². The first-order valence-corrected chi connectivity index (χ1v) is 5.28. The van der Waals surface area contributed by atoms with Crippen molar-refractivity contribution in [3.05, 3.63) is 53.6 Å². The van der Waals surface area contributed by atoms with Gasteiger partial charge in [-0.05, 0) is 36.7 Å². The van der Waals surface area contributed by atoms with Gasteiger partial charge in [-0.3, -0.25) is 5.10 Å². The summed E-state index contributed by atoms with van der Waals surface area (Å²) >= 11 is 0. The summed E-state index contributed by atoms with van der Waals surface area (Å²) in [6, 6.07) is 8.62. The van der Waals surface area contributed by atoms with E-state index in [1.807, 2.05) is 12.1 Å². The smallest absolute Gasteiger partial charge is 0.123 e. The molecule has 0 aliphatic rings. The third kappa shape index (κ3) is 3.17. The SMILES string of the molecule is Fc1cccc(CCNCc2ccn[nH]2)c1. The molecular weight excluding hydrogens is 205 g/mol. The van der Waals surface area contributed by atoms with Crippen LogP contribution in [0.2, 0.25) is 0 Å². The molecule has 84 valence electrons. The van der Waals surface area contributed by atoms with Gasteiger partial charge in [-0.2, -0.15) is 5.10 Å². The van der Waals surface area contributed by atoms with Crippen molar-refractivity contribution in [2.45, 2.75) is 13.0 Å². The van der Waals surface area contributed by atoms with Crippen molar-refractivity contribution < 1.29 is 4.39 Å². The largest absolute Gasteiger partial charge is 0.311 e. The number of nitrogens with zero attached hydrogens (tertiary/aromatic N) is 1. The van der Waals surface area contributed by atoms with Gasteiger partial charge in [-0.15, -0.1) is 0 Å². The molecule has 16 heavy (non-hydrogen) atoms. The molecule has 2 rings (SSSR count). The molecule has 1 aromatic heterocycles. The number of nitrogens with one attached hydrogen (secondary N) is 2. The van der Waals surface area contributed by atoms with Gasteiger partial charge in [0.05, 0.1) is 0 Å². The van der Waals surface area contributed by atoms with Crippen molar-refractivity contribution in [3.8, 4) is 0 Å². The first-order valence-electron chi connectivity index (χ1n) is 5.28. The maximum Gasteiger partial charge on any atom is 0.123 e. The lowest BCUT2D eigenvalue weighted by Gasteiger charge is -2.03. The van der Waals surface area contributed by atoms with E-state index in [1.54, 1.807) is 18.3 Å². The third-order valence-electron chi connectivity index (χ3n) is 2.35. The van der Waals surface area contributed by atoms with E-state index in [-0.39, 0.29) is 5.82 Å². The second-order valence-electron chi connectivity index (χ2n) is 3.64. The van der Waals surface area contributed by atoms with Crippen LogP contribution < -0.4 is 5.32 Å². The van der Waals surface area contributed by atoms with E-state index in [0.29, 0.717) is 0 Å². The molecule has 2 N–H and O–H groups in total. The van der Waals surface area contributed by atoms with Crippen molar-refractivity contribution in [2.75, 3.05) is 6.54 Å². The summed E-state index contributed by atoms with van der Waals surface area (Å²) in [6.07, 6.45) is 2.55. The quantitative estimate of drug-likeness (QED) is 0.754. The minimum absolute atomic E-state index is 0.175. The molecule has 1 heterocycles. The Morgan fingerprint density at radius 3 is 3.00 bits per heavy atom. The van der Waals surface area contributed by atoms with Gasteiger partial charge < -0.3 is 5.32 Å². The summed E-state index contributed by atoms with van der Waals surface area (Å²) in [5.41, 5.74) is 2.07. The molecule has 3 nitrogen and oxygen atoms in total. The Morgan fingerprint density at radius 1 is 1.31 bits per heavy atom. The molecule has 0 aliphatic heterocycles. The predicted molar refractivity (Wildman–Crippen MR) is 60.4 cm³/mol. The Kier molecular flexibility index (Phi) is 3.66. The van der Waals surface area contributed by atoms with E-state index in [0.717, 1.165) is 30.8 Å². The predicted octanol–water partition coefficient (Wildman–Crippen LogP) is 1.88. The van der Waals surface area contributed by atoms with Gasteiger partial charge in [0.25, 0.3) is 0 Å². The molecule has 0 aliphatic carbocycles. The van der Waals surface area contributed by atoms with Crippen LogP contribution in [0.25, 0.3) is 0 Å². The summed E-state index contributed by atoms with van der Waals surface area (Å²) in [5, 5.41) is 9.99. The lowest BCUT2D eigenvalue weighted by atomic mass is 10.1. The van der Waals surface area contributed by atoms with Gasteiger partial charge >= 0.3 is 0 Å². The minimum Gasteiger partial charge on any atom is -0.311 e. The standard InChI is InChI=1S/C12H14FN3/c13-11-3-1-2-10(8-11)4-6-14-9-12-5-7-15-16-12/h1-3,5,7-8,14H,4,6,9H2,(H,15,16).